The van der Waals surface area contributed by atoms with Crippen LogP contribution in [0.4, 0.5) is 0 Å². The van der Waals surface area contributed by atoms with Gasteiger partial charge in [0.05, 0.1) is 17.9 Å². The molecule has 0 atom stereocenters. The van der Waals surface area contributed by atoms with Gasteiger partial charge in [-0.15, -0.1) is 0 Å². The van der Waals surface area contributed by atoms with Crippen molar-refractivity contribution in [3.63, 3.8) is 0 Å². The molecular formula is C8H10N2OS. The topological polar surface area (TPSA) is 42.9 Å². The Bertz CT molecular complexity index is 267. The van der Waals surface area contributed by atoms with Gasteiger partial charge in [0, 0.05) is 6.42 Å². The first-order valence-electron chi connectivity index (χ1n) is 4.17. The Morgan fingerprint density at radius 2 is 2.50 bits per heavy atom. The molecule has 2 rings (SSSR count). The van der Waals surface area contributed by atoms with Gasteiger partial charge in [-0.05, 0) is 5.92 Å². The molecule has 0 unspecified atom stereocenters. The second-order valence-electron chi connectivity index (χ2n) is 3.22. The Hall–Kier alpha value is -0.770. The van der Waals surface area contributed by atoms with E-state index in [4.69, 9.17) is 0 Å². The maximum atomic E-state index is 11.4. The zero-order chi connectivity index (χ0) is 8.39. The average molecular weight is 182 g/mol. The van der Waals surface area contributed by atoms with Crippen LogP contribution in [0, 0.1) is 5.92 Å². The standard InChI is InChI=1S/C8H10N2OS/c11-8(4-6-2-1-3-6)7-5-9-12-10-7/h5-6H,1-4H2. The fourth-order valence-electron chi connectivity index (χ4n) is 1.35. The van der Waals surface area contributed by atoms with Gasteiger partial charge in [0.2, 0.25) is 0 Å². The molecule has 0 bridgehead atoms. The third-order valence-corrected chi connectivity index (χ3v) is 2.82. The summed E-state index contributed by atoms with van der Waals surface area (Å²) in [6, 6.07) is 0. The van der Waals surface area contributed by atoms with Crippen LogP contribution in [0.1, 0.15) is 36.2 Å². The highest BCUT2D eigenvalue weighted by Crippen LogP contribution is 2.30. The van der Waals surface area contributed by atoms with Crippen LogP contribution in [0.3, 0.4) is 0 Å². The van der Waals surface area contributed by atoms with Crippen LogP contribution >= 0.6 is 11.7 Å². The van der Waals surface area contributed by atoms with Gasteiger partial charge in [-0.1, -0.05) is 19.3 Å². The fraction of sp³-hybridized carbons (Fsp3) is 0.625. The Morgan fingerprint density at radius 1 is 1.67 bits per heavy atom. The number of hydrogen-bond acceptors (Lipinski definition) is 4. The number of aromatic nitrogens is 2. The molecule has 1 aromatic heterocycles. The van der Waals surface area contributed by atoms with Gasteiger partial charge in [0.15, 0.2) is 5.78 Å². The van der Waals surface area contributed by atoms with Crippen LogP contribution in [0.15, 0.2) is 6.20 Å². The summed E-state index contributed by atoms with van der Waals surface area (Å²) < 4.78 is 7.71. The maximum absolute atomic E-state index is 11.4. The summed E-state index contributed by atoms with van der Waals surface area (Å²) in [5, 5.41) is 0. The van der Waals surface area contributed by atoms with Gasteiger partial charge in [-0.3, -0.25) is 4.79 Å². The van der Waals surface area contributed by atoms with Crippen molar-refractivity contribution in [1.29, 1.82) is 0 Å². The Balaban J connectivity index is 1.92. The van der Waals surface area contributed by atoms with E-state index in [9.17, 15) is 4.79 Å². The van der Waals surface area contributed by atoms with Crippen LogP contribution in [-0.2, 0) is 0 Å². The van der Waals surface area contributed by atoms with Gasteiger partial charge in [0.25, 0.3) is 0 Å². The molecule has 1 aliphatic rings. The van der Waals surface area contributed by atoms with Crippen molar-refractivity contribution in [2.75, 3.05) is 0 Å². The van der Waals surface area contributed by atoms with Crippen molar-refractivity contribution in [2.24, 2.45) is 5.92 Å². The summed E-state index contributed by atoms with van der Waals surface area (Å²) in [7, 11) is 0. The Kier molecular flexibility index (Phi) is 2.17. The van der Waals surface area contributed by atoms with Gasteiger partial charge in [-0.25, -0.2) is 0 Å². The molecule has 0 radical (unpaired) electrons. The number of carbonyl (C=O) groups excluding carboxylic acids is 1. The molecule has 1 aliphatic carbocycles. The van der Waals surface area contributed by atoms with Crippen molar-refractivity contribution in [3.05, 3.63) is 11.9 Å². The lowest BCUT2D eigenvalue weighted by Gasteiger charge is -2.23. The minimum atomic E-state index is 0.161. The third kappa shape index (κ3) is 1.53. The number of nitrogens with zero attached hydrogens (tertiary/aromatic N) is 2. The quantitative estimate of drug-likeness (QED) is 0.670. The lowest BCUT2D eigenvalue weighted by Crippen LogP contribution is -2.16. The molecule has 12 heavy (non-hydrogen) atoms. The molecule has 0 aliphatic heterocycles. The van der Waals surface area contributed by atoms with Crippen LogP contribution in [0.5, 0.6) is 0 Å². The molecule has 3 nitrogen and oxygen atoms in total. The Morgan fingerprint density at radius 3 is 3.00 bits per heavy atom. The van der Waals surface area contributed by atoms with Crippen LogP contribution < -0.4 is 0 Å². The molecule has 1 saturated carbocycles. The SMILES string of the molecule is O=C(CC1CCC1)c1cnsn1. The zero-order valence-corrected chi connectivity index (χ0v) is 7.51. The Labute approximate surface area is 75.1 Å². The van der Waals surface area contributed by atoms with Crippen molar-refractivity contribution in [3.8, 4) is 0 Å². The van der Waals surface area contributed by atoms with E-state index in [0.717, 1.165) is 11.7 Å². The lowest BCUT2D eigenvalue weighted by molar-refractivity contribution is 0.0932. The highest BCUT2D eigenvalue weighted by molar-refractivity contribution is 6.99. The summed E-state index contributed by atoms with van der Waals surface area (Å²) in [6.07, 6.45) is 5.94. The number of ketones is 1. The van der Waals surface area contributed by atoms with Crippen molar-refractivity contribution in [1.82, 2.24) is 8.75 Å². The summed E-state index contributed by atoms with van der Waals surface area (Å²) in [5.41, 5.74) is 0.548. The highest BCUT2D eigenvalue weighted by atomic mass is 32.1. The first-order valence-corrected chi connectivity index (χ1v) is 4.90. The largest absolute Gasteiger partial charge is 0.292 e. The number of carbonyl (C=O) groups is 1. The molecule has 64 valence electrons. The summed E-state index contributed by atoms with van der Waals surface area (Å²) in [6.45, 7) is 0. The molecule has 0 spiro atoms. The van der Waals surface area contributed by atoms with E-state index in [0.29, 0.717) is 18.0 Å². The molecule has 0 amide bonds. The van der Waals surface area contributed by atoms with Crippen molar-refractivity contribution >= 4 is 17.5 Å². The third-order valence-electron chi connectivity index (χ3n) is 2.35. The van der Waals surface area contributed by atoms with E-state index < -0.39 is 0 Å². The van der Waals surface area contributed by atoms with Crippen molar-refractivity contribution < 1.29 is 4.79 Å². The summed E-state index contributed by atoms with van der Waals surface area (Å²) in [5.74, 6) is 0.785. The second-order valence-corrected chi connectivity index (χ2v) is 3.77. The van der Waals surface area contributed by atoms with E-state index in [1.165, 1.54) is 19.3 Å². The molecule has 1 fully saturated rings. The van der Waals surface area contributed by atoms with E-state index >= 15 is 0 Å². The molecule has 0 saturated heterocycles. The fourth-order valence-corrected chi connectivity index (χ4v) is 1.78. The number of hydrogen-bond donors (Lipinski definition) is 0. The van der Waals surface area contributed by atoms with Gasteiger partial charge >= 0.3 is 0 Å². The smallest absolute Gasteiger partial charge is 0.184 e. The predicted octanol–water partition coefficient (Wildman–Crippen LogP) is 1.91. The van der Waals surface area contributed by atoms with Crippen LogP contribution in [0.2, 0.25) is 0 Å². The van der Waals surface area contributed by atoms with Gasteiger partial charge in [0.1, 0.15) is 5.69 Å². The predicted molar refractivity (Wildman–Crippen MR) is 46.2 cm³/mol. The summed E-state index contributed by atoms with van der Waals surface area (Å²) >= 11 is 1.10. The minimum absolute atomic E-state index is 0.161. The average Bonchev–Trinajstić information content (AvgIpc) is 2.47. The van der Waals surface area contributed by atoms with Gasteiger partial charge in [-0.2, -0.15) is 8.75 Å². The summed E-state index contributed by atoms with van der Waals surface area (Å²) in [4.78, 5) is 11.4. The zero-order valence-electron chi connectivity index (χ0n) is 6.69. The number of Topliss-reactive ketones (excluding diaryl/α,β-unsaturated/α-hetero) is 1. The lowest BCUT2D eigenvalue weighted by atomic mass is 9.81. The normalized spacial score (nSPS) is 17.3. The van der Waals surface area contributed by atoms with Crippen LogP contribution in [0.25, 0.3) is 0 Å². The molecule has 1 heterocycles. The first-order chi connectivity index (χ1) is 5.86. The van der Waals surface area contributed by atoms with E-state index in [1.807, 2.05) is 0 Å². The molecule has 4 heteroatoms. The maximum Gasteiger partial charge on any atom is 0.184 e. The molecular weight excluding hydrogens is 172 g/mol. The van der Waals surface area contributed by atoms with E-state index in [2.05, 4.69) is 8.75 Å². The monoisotopic (exact) mass is 182 g/mol. The molecule has 0 N–H and O–H groups in total. The molecule has 0 aromatic carbocycles. The van der Waals surface area contributed by atoms with Gasteiger partial charge < -0.3 is 0 Å². The molecule has 1 aromatic rings. The first kappa shape index (κ1) is 7.86. The van der Waals surface area contributed by atoms with Crippen LogP contribution in [-0.4, -0.2) is 14.5 Å². The van der Waals surface area contributed by atoms with Crippen molar-refractivity contribution in [2.45, 2.75) is 25.7 Å². The van der Waals surface area contributed by atoms with E-state index in [1.54, 1.807) is 6.20 Å². The highest BCUT2D eigenvalue weighted by Gasteiger charge is 2.22. The number of rotatable bonds is 3. The minimum Gasteiger partial charge on any atom is -0.292 e. The van der Waals surface area contributed by atoms with E-state index in [-0.39, 0.29) is 5.78 Å². The second kappa shape index (κ2) is 3.31.